The average molecular weight is 410 g/mol. The van der Waals surface area contributed by atoms with Crippen LogP contribution in [0.5, 0.6) is 5.75 Å². The molecule has 1 saturated heterocycles. The first-order chi connectivity index (χ1) is 12.8. The summed E-state index contributed by atoms with van der Waals surface area (Å²) in [7, 11) is -2.29. The number of ether oxygens (including phenoxy) is 1. The maximum atomic E-state index is 12.9. The summed E-state index contributed by atoms with van der Waals surface area (Å²) >= 11 is 1.39. The zero-order valence-electron chi connectivity index (χ0n) is 16.3. The van der Waals surface area contributed by atoms with E-state index in [0.717, 1.165) is 29.1 Å². The van der Waals surface area contributed by atoms with Gasteiger partial charge in [-0.25, -0.2) is 13.4 Å². The molecule has 1 aliphatic rings. The summed E-state index contributed by atoms with van der Waals surface area (Å²) in [6, 6.07) is 3.94. The normalized spacial score (nSPS) is 18.4. The first kappa shape index (κ1) is 20.1. The molecule has 0 amide bonds. The quantitative estimate of drug-likeness (QED) is 0.782. The van der Waals surface area contributed by atoms with Crippen LogP contribution < -0.4 is 9.46 Å². The van der Waals surface area contributed by atoms with Gasteiger partial charge >= 0.3 is 0 Å². The van der Waals surface area contributed by atoms with Crippen LogP contribution in [0, 0.1) is 13.8 Å². The standard InChI is InChI=1S/C19H27N3O3S2/c1-13-9-17(25-4)18(10-14(13)2)27(23,24)21-19-20-11-16(26-19)12-22-8-6-5-7-15(22)3/h9-11,15H,5-8,12H2,1-4H3,(H,20,21). The Morgan fingerprint density at radius 3 is 2.74 bits per heavy atom. The molecule has 1 aromatic carbocycles. The minimum Gasteiger partial charge on any atom is -0.495 e. The predicted molar refractivity (Wildman–Crippen MR) is 109 cm³/mol. The molecule has 1 aromatic heterocycles. The minimum absolute atomic E-state index is 0.134. The third-order valence-corrected chi connectivity index (χ3v) is 7.53. The highest BCUT2D eigenvalue weighted by Crippen LogP contribution is 2.30. The van der Waals surface area contributed by atoms with Gasteiger partial charge in [0.2, 0.25) is 0 Å². The number of likely N-dealkylation sites (tertiary alicyclic amines) is 1. The summed E-state index contributed by atoms with van der Waals surface area (Å²) < 4.78 is 33.6. The molecule has 1 atom stereocenters. The lowest BCUT2D eigenvalue weighted by molar-refractivity contribution is 0.154. The molecule has 0 spiro atoms. The topological polar surface area (TPSA) is 71.5 Å². The Kier molecular flexibility index (Phi) is 6.08. The lowest BCUT2D eigenvalue weighted by Gasteiger charge is -2.32. The number of aromatic nitrogens is 1. The molecule has 0 saturated carbocycles. The highest BCUT2D eigenvalue weighted by molar-refractivity contribution is 7.93. The van der Waals surface area contributed by atoms with Crippen LogP contribution in [-0.2, 0) is 16.6 Å². The van der Waals surface area contributed by atoms with Gasteiger partial charge in [-0.1, -0.05) is 17.8 Å². The second-order valence-corrected chi connectivity index (χ2v) is 9.91. The number of hydrogen-bond acceptors (Lipinski definition) is 6. The number of nitrogens with zero attached hydrogens (tertiary/aromatic N) is 2. The molecule has 1 N–H and O–H groups in total. The Morgan fingerprint density at radius 2 is 2.04 bits per heavy atom. The predicted octanol–water partition coefficient (Wildman–Crippen LogP) is 3.94. The summed E-state index contributed by atoms with van der Waals surface area (Å²) in [6.07, 6.45) is 5.48. The molecule has 6 nitrogen and oxygen atoms in total. The molecule has 0 aliphatic carbocycles. The number of piperidine rings is 1. The minimum atomic E-state index is -3.77. The zero-order chi connectivity index (χ0) is 19.6. The lowest BCUT2D eigenvalue weighted by atomic mass is 10.0. The van der Waals surface area contributed by atoms with E-state index in [-0.39, 0.29) is 4.90 Å². The lowest BCUT2D eigenvalue weighted by Crippen LogP contribution is -2.36. The SMILES string of the molecule is COc1cc(C)c(C)cc1S(=O)(=O)Nc1ncc(CN2CCCCC2C)s1. The molecule has 8 heteroatoms. The molecule has 1 fully saturated rings. The molecule has 1 aliphatic heterocycles. The molecule has 27 heavy (non-hydrogen) atoms. The largest absolute Gasteiger partial charge is 0.495 e. The first-order valence-corrected chi connectivity index (χ1v) is 11.5. The van der Waals surface area contributed by atoms with Crippen molar-refractivity contribution in [1.82, 2.24) is 9.88 Å². The molecular formula is C19H27N3O3S2. The van der Waals surface area contributed by atoms with E-state index >= 15 is 0 Å². The monoisotopic (exact) mass is 409 g/mol. The number of aryl methyl sites for hydroxylation is 2. The molecule has 0 bridgehead atoms. The van der Waals surface area contributed by atoms with Gasteiger partial charge in [-0.3, -0.25) is 9.62 Å². The Morgan fingerprint density at radius 1 is 1.30 bits per heavy atom. The van der Waals surface area contributed by atoms with Crippen LogP contribution in [0.4, 0.5) is 5.13 Å². The molecule has 2 aromatic rings. The number of nitrogens with one attached hydrogen (secondary N) is 1. The van der Waals surface area contributed by atoms with Crippen molar-refractivity contribution in [2.24, 2.45) is 0 Å². The number of thiazole rings is 1. The van der Waals surface area contributed by atoms with Crippen molar-refractivity contribution in [2.45, 2.75) is 57.5 Å². The van der Waals surface area contributed by atoms with Crippen LogP contribution in [0.3, 0.4) is 0 Å². The van der Waals surface area contributed by atoms with Gasteiger partial charge in [0.05, 0.1) is 7.11 Å². The smallest absolute Gasteiger partial charge is 0.267 e. The Hall–Kier alpha value is -1.64. The van der Waals surface area contributed by atoms with Crippen molar-refractivity contribution in [1.29, 1.82) is 0 Å². The van der Waals surface area contributed by atoms with Crippen molar-refractivity contribution in [3.05, 3.63) is 34.3 Å². The van der Waals surface area contributed by atoms with E-state index in [1.807, 2.05) is 13.8 Å². The number of sulfonamides is 1. The van der Waals surface area contributed by atoms with Crippen LogP contribution >= 0.6 is 11.3 Å². The summed E-state index contributed by atoms with van der Waals surface area (Å²) in [5, 5.41) is 0.384. The van der Waals surface area contributed by atoms with Gasteiger partial charge in [-0.05, 0) is 63.4 Å². The van der Waals surface area contributed by atoms with Gasteiger partial charge in [-0.15, -0.1) is 0 Å². The van der Waals surface area contributed by atoms with E-state index < -0.39 is 10.0 Å². The summed E-state index contributed by atoms with van der Waals surface area (Å²) in [5.74, 6) is 0.338. The summed E-state index contributed by atoms with van der Waals surface area (Å²) in [4.78, 5) is 7.90. The molecule has 2 heterocycles. The maximum absolute atomic E-state index is 12.9. The van der Waals surface area contributed by atoms with E-state index in [9.17, 15) is 8.42 Å². The molecular weight excluding hydrogens is 382 g/mol. The summed E-state index contributed by atoms with van der Waals surface area (Å²) in [5.41, 5.74) is 1.88. The highest BCUT2D eigenvalue weighted by atomic mass is 32.2. The van der Waals surface area contributed by atoms with Crippen molar-refractivity contribution in [3.8, 4) is 5.75 Å². The Labute approximate surface area is 165 Å². The van der Waals surface area contributed by atoms with Crippen LogP contribution in [0.2, 0.25) is 0 Å². The maximum Gasteiger partial charge on any atom is 0.267 e. The number of hydrogen-bond donors (Lipinski definition) is 1. The van der Waals surface area contributed by atoms with Crippen LogP contribution in [0.1, 0.15) is 42.2 Å². The third-order valence-electron chi connectivity index (χ3n) is 5.14. The fourth-order valence-electron chi connectivity index (χ4n) is 3.32. The molecule has 148 valence electrons. The fraction of sp³-hybridized carbons (Fsp3) is 0.526. The number of rotatable bonds is 6. The summed E-state index contributed by atoms with van der Waals surface area (Å²) in [6.45, 7) is 7.95. The first-order valence-electron chi connectivity index (χ1n) is 9.17. The molecule has 1 unspecified atom stereocenters. The van der Waals surface area contributed by atoms with Crippen molar-refractivity contribution in [2.75, 3.05) is 18.4 Å². The van der Waals surface area contributed by atoms with Crippen LogP contribution in [0.15, 0.2) is 23.2 Å². The average Bonchev–Trinajstić information content (AvgIpc) is 3.05. The van der Waals surface area contributed by atoms with Gasteiger partial charge in [0.15, 0.2) is 5.13 Å². The van der Waals surface area contributed by atoms with Gasteiger partial charge in [0, 0.05) is 23.7 Å². The van der Waals surface area contributed by atoms with Crippen LogP contribution in [0.25, 0.3) is 0 Å². The van der Waals surface area contributed by atoms with E-state index in [0.29, 0.717) is 16.9 Å². The van der Waals surface area contributed by atoms with Crippen molar-refractivity contribution >= 4 is 26.5 Å². The number of benzene rings is 1. The van der Waals surface area contributed by atoms with Crippen molar-refractivity contribution in [3.63, 3.8) is 0 Å². The van der Waals surface area contributed by atoms with E-state index in [1.54, 1.807) is 18.3 Å². The zero-order valence-corrected chi connectivity index (χ0v) is 17.9. The van der Waals surface area contributed by atoms with Gasteiger partial charge in [0.25, 0.3) is 10.0 Å². The molecule has 3 rings (SSSR count). The van der Waals surface area contributed by atoms with E-state index in [4.69, 9.17) is 4.74 Å². The fourth-order valence-corrected chi connectivity index (χ4v) is 5.64. The highest BCUT2D eigenvalue weighted by Gasteiger charge is 2.23. The molecule has 0 radical (unpaired) electrons. The van der Waals surface area contributed by atoms with Gasteiger partial charge in [0.1, 0.15) is 10.6 Å². The second kappa shape index (κ2) is 8.16. The number of anilines is 1. The number of methoxy groups -OCH3 is 1. The van der Waals surface area contributed by atoms with E-state index in [2.05, 4.69) is 21.5 Å². The van der Waals surface area contributed by atoms with E-state index in [1.165, 1.54) is 37.7 Å². The van der Waals surface area contributed by atoms with Gasteiger partial charge < -0.3 is 4.74 Å². The van der Waals surface area contributed by atoms with Crippen molar-refractivity contribution < 1.29 is 13.2 Å². The van der Waals surface area contributed by atoms with Crippen LogP contribution in [-0.4, -0.2) is 38.0 Å². The third kappa shape index (κ3) is 4.62. The Bertz CT molecular complexity index is 909. The Balaban J connectivity index is 1.77. The van der Waals surface area contributed by atoms with Gasteiger partial charge in [-0.2, -0.15) is 0 Å². The second-order valence-electron chi connectivity index (χ2n) is 7.14.